The van der Waals surface area contributed by atoms with Crippen LogP contribution in [0, 0.1) is 5.41 Å². The van der Waals surface area contributed by atoms with Gasteiger partial charge in [-0.1, -0.05) is 32.9 Å². The fourth-order valence-electron chi connectivity index (χ4n) is 1.48. The molecular formula is C13H20N2O. The van der Waals surface area contributed by atoms with Gasteiger partial charge in [-0.3, -0.25) is 4.79 Å². The molecule has 1 atom stereocenters. The van der Waals surface area contributed by atoms with E-state index in [0.717, 1.165) is 11.3 Å². The summed E-state index contributed by atoms with van der Waals surface area (Å²) in [7, 11) is 0. The molecule has 0 aliphatic rings. The van der Waals surface area contributed by atoms with E-state index in [4.69, 9.17) is 5.73 Å². The highest BCUT2D eigenvalue weighted by Gasteiger charge is 2.21. The van der Waals surface area contributed by atoms with Crippen molar-refractivity contribution >= 4 is 11.6 Å². The summed E-state index contributed by atoms with van der Waals surface area (Å²) in [6, 6.07) is 7.67. The van der Waals surface area contributed by atoms with Crippen LogP contribution in [0.15, 0.2) is 24.3 Å². The summed E-state index contributed by atoms with van der Waals surface area (Å²) in [5.41, 5.74) is 8.06. The minimum atomic E-state index is -0.0622. The highest BCUT2D eigenvalue weighted by molar-refractivity contribution is 5.88. The Labute approximate surface area is 97.0 Å². The Morgan fingerprint density at radius 3 is 2.12 bits per heavy atom. The molecule has 0 saturated heterocycles. The van der Waals surface area contributed by atoms with Crippen LogP contribution in [0.25, 0.3) is 0 Å². The standard InChI is InChI=1S/C13H20N2O/c1-9(16)15-11-7-5-10(6-8-11)12(14)13(2,3)4/h5-8,12H,14H2,1-4H3,(H,15,16)/t12-/m0/s1. The SMILES string of the molecule is CC(=O)Nc1ccc([C@H](N)C(C)(C)C)cc1. The van der Waals surface area contributed by atoms with E-state index in [1.54, 1.807) is 0 Å². The summed E-state index contributed by atoms with van der Waals surface area (Å²) >= 11 is 0. The second kappa shape index (κ2) is 4.66. The van der Waals surface area contributed by atoms with Crippen LogP contribution in [0.4, 0.5) is 5.69 Å². The Hall–Kier alpha value is -1.35. The topological polar surface area (TPSA) is 55.1 Å². The molecule has 16 heavy (non-hydrogen) atoms. The fraction of sp³-hybridized carbons (Fsp3) is 0.462. The number of anilines is 1. The van der Waals surface area contributed by atoms with Gasteiger partial charge in [0.1, 0.15) is 0 Å². The maximum Gasteiger partial charge on any atom is 0.221 e. The molecule has 88 valence electrons. The lowest BCUT2D eigenvalue weighted by atomic mass is 9.83. The molecule has 1 aromatic rings. The average Bonchev–Trinajstić information content (AvgIpc) is 2.15. The molecule has 0 unspecified atom stereocenters. The van der Waals surface area contributed by atoms with Crippen LogP contribution >= 0.6 is 0 Å². The van der Waals surface area contributed by atoms with Gasteiger partial charge in [0.15, 0.2) is 0 Å². The van der Waals surface area contributed by atoms with E-state index in [1.807, 2.05) is 24.3 Å². The number of carbonyl (C=O) groups is 1. The van der Waals surface area contributed by atoms with Gasteiger partial charge in [-0.15, -0.1) is 0 Å². The van der Waals surface area contributed by atoms with Crippen LogP contribution in [0.2, 0.25) is 0 Å². The van der Waals surface area contributed by atoms with Crippen molar-refractivity contribution in [1.29, 1.82) is 0 Å². The van der Waals surface area contributed by atoms with Crippen molar-refractivity contribution in [2.75, 3.05) is 5.32 Å². The Kier molecular flexibility index (Phi) is 3.70. The van der Waals surface area contributed by atoms with Gasteiger partial charge in [0.25, 0.3) is 0 Å². The van der Waals surface area contributed by atoms with Crippen molar-refractivity contribution in [1.82, 2.24) is 0 Å². The van der Waals surface area contributed by atoms with Crippen LogP contribution in [0.1, 0.15) is 39.3 Å². The maximum absolute atomic E-state index is 10.9. The minimum absolute atomic E-state index is 0.00104. The van der Waals surface area contributed by atoms with Crippen molar-refractivity contribution < 1.29 is 4.79 Å². The third kappa shape index (κ3) is 3.35. The second-order valence-corrected chi connectivity index (χ2v) is 5.15. The van der Waals surface area contributed by atoms with Gasteiger partial charge in [0.05, 0.1) is 0 Å². The first-order valence-electron chi connectivity index (χ1n) is 5.44. The number of nitrogens with two attached hydrogens (primary N) is 1. The van der Waals surface area contributed by atoms with Crippen LogP contribution < -0.4 is 11.1 Å². The fourth-order valence-corrected chi connectivity index (χ4v) is 1.48. The monoisotopic (exact) mass is 220 g/mol. The molecule has 3 nitrogen and oxygen atoms in total. The third-order valence-electron chi connectivity index (χ3n) is 2.52. The Bertz CT molecular complexity index is 363. The van der Waals surface area contributed by atoms with Crippen LogP contribution in [-0.2, 0) is 4.79 Å². The average molecular weight is 220 g/mol. The summed E-state index contributed by atoms with van der Waals surface area (Å²) < 4.78 is 0. The summed E-state index contributed by atoms with van der Waals surface area (Å²) in [6.07, 6.45) is 0. The number of nitrogens with one attached hydrogen (secondary N) is 1. The first-order chi connectivity index (χ1) is 7.30. The number of carbonyl (C=O) groups excluding carboxylic acids is 1. The number of hydrogen-bond donors (Lipinski definition) is 2. The van der Waals surface area contributed by atoms with E-state index >= 15 is 0 Å². The van der Waals surface area contributed by atoms with Gasteiger partial charge >= 0.3 is 0 Å². The molecule has 0 radical (unpaired) electrons. The lowest BCUT2D eigenvalue weighted by Crippen LogP contribution is -2.26. The summed E-state index contributed by atoms with van der Waals surface area (Å²) in [4.78, 5) is 10.9. The molecule has 1 aromatic carbocycles. The Balaban J connectivity index is 2.83. The van der Waals surface area contributed by atoms with E-state index in [9.17, 15) is 4.79 Å². The molecule has 0 aliphatic carbocycles. The third-order valence-corrected chi connectivity index (χ3v) is 2.52. The molecule has 0 aliphatic heterocycles. The molecule has 0 aromatic heterocycles. The smallest absolute Gasteiger partial charge is 0.221 e. The summed E-state index contributed by atoms with van der Waals surface area (Å²) in [5, 5.41) is 2.73. The molecule has 0 saturated carbocycles. The quantitative estimate of drug-likeness (QED) is 0.805. The highest BCUT2D eigenvalue weighted by Crippen LogP contribution is 2.30. The summed E-state index contributed by atoms with van der Waals surface area (Å²) in [6.45, 7) is 7.83. The van der Waals surface area contributed by atoms with Crippen molar-refractivity contribution in [3.63, 3.8) is 0 Å². The highest BCUT2D eigenvalue weighted by atomic mass is 16.1. The van der Waals surface area contributed by atoms with Gasteiger partial charge in [0, 0.05) is 18.7 Å². The predicted molar refractivity (Wildman–Crippen MR) is 67.1 cm³/mol. The van der Waals surface area contributed by atoms with Crippen LogP contribution in [0.5, 0.6) is 0 Å². The molecule has 3 heteroatoms. The zero-order valence-electron chi connectivity index (χ0n) is 10.4. The lowest BCUT2D eigenvalue weighted by molar-refractivity contribution is -0.114. The van der Waals surface area contributed by atoms with E-state index in [1.165, 1.54) is 6.92 Å². The number of hydrogen-bond acceptors (Lipinski definition) is 2. The molecule has 1 amide bonds. The van der Waals surface area contributed by atoms with Crippen LogP contribution in [-0.4, -0.2) is 5.91 Å². The zero-order chi connectivity index (χ0) is 12.3. The molecule has 0 fully saturated rings. The van der Waals surface area contributed by atoms with Crippen molar-refractivity contribution in [2.45, 2.75) is 33.7 Å². The summed E-state index contributed by atoms with van der Waals surface area (Å²) in [5.74, 6) is -0.0622. The first-order valence-corrected chi connectivity index (χ1v) is 5.44. The van der Waals surface area contributed by atoms with Gasteiger partial charge in [-0.05, 0) is 23.1 Å². The van der Waals surface area contributed by atoms with Crippen molar-refractivity contribution in [3.8, 4) is 0 Å². The Morgan fingerprint density at radius 2 is 1.75 bits per heavy atom. The second-order valence-electron chi connectivity index (χ2n) is 5.15. The largest absolute Gasteiger partial charge is 0.326 e. The van der Waals surface area contributed by atoms with Gasteiger partial charge < -0.3 is 11.1 Å². The molecular weight excluding hydrogens is 200 g/mol. The number of rotatable bonds is 2. The van der Waals surface area contributed by atoms with E-state index < -0.39 is 0 Å². The lowest BCUT2D eigenvalue weighted by Gasteiger charge is -2.27. The number of amides is 1. The predicted octanol–water partition coefficient (Wildman–Crippen LogP) is 2.69. The van der Waals surface area contributed by atoms with E-state index in [-0.39, 0.29) is 17.4 Å². The van der Waals surface area contributed by atoms with E-state index in [0.29, 0.717) is 0 Å². The Morgan fingerprint density at radius 1 is 1.25 bits per heavy atom. The molecule has 1 rings (SSSR count). The van der Waals surface area contributed by atoms with Crippen molar-refractivity contribution in [2.24, 2.45) is 11.1 Å². The van der Waals surface area contributed by atoms with Gasteiger partial charge in [-0.25, -0.2) is 0 Å². The normalized spacial score (nSPS) is 13.3. The maximum atomic E-state index is 10.9. The van der Waals surface area contributed by atoms with Gasteiger partial charge in [0.2, 0.25) is 5.91 Å². The zero-order valence-corrected chi connectivity index (χ0v) is 10.4. The minimum Gasteiger partial charge on any atom is -0.326 e. The van der Waals surface area contributed by atoms with Crippen molar-refractivity contribution in [3.05, 3.63) is 29.8 Å². The molecule has 0 heterocycles. The number of benzene rings is 1. The molecule has 0 bridgehead atoms. The molecule has 3 N–H and O–H groups in total. The van der Waals surface area contributed by atoms with E-state index in [2.05, 4.69) is 26.1 Å². The molecule has 0 spiro atoms. The van der Waals surface area contributed by atoms with Crippen LogP contribution in [0.3, 0.4) is 0 Å². The first kappa shape index (κ1) is 12.7. The van der Waals surface area contributed by atoms with Gasteiger partial charge in [-0.2, -0.15) is 0 Å².